The lowest BCUT2D eigenvalue weighted by atomic mass is 9.42. The Labute approximate surface area is 99.0 Å². The van der Waals surface area contributed by atoms with E-state index in [0.29, 0.717) is 11.7 Å². The lowest BCUT2D eigenvalue weighted by Crippen LogP contribution is -2.60. The predicted molar refractivity (Wildman–Crippen MR) is 65.0 cm³/mol. The molecule has 0 amide bonds. The average molecular weight is 220 g/mol. The lowest BCUT2D eigenvalue weighted by molar-refractivity contribution is -0.169. The Morgan fingerprint density at radius 2 is 1.75 bits per heavy atom. The molecular weight excluding hydrogens is 196 g/mol. The molecule has 3 fully saturated rings. The third-order valence-corrected chi connectivity index (χ3v) is 6.06. The third kappa shape index (κ3) is 1.26. The zero-order valence-corrected chi connectivity index (χ0v) is 10.8. The number of fused-ring (bicyclic) bond motifs is 4. The van der Waals surface area contributed by atoms with Crippen molar-refractivity contribution in [1.29, 1.82) is 0 Å². The maximum absolute atomic E-state index is 12.3. The molecule has 0 spiro atoms. The van der Waals surface area contributed by atoms with Crippen LogP contribution in [-0.4, -0.2) is 5.78 Å². The minimum Gasteiger partial charge on any atom is -0.299 e. The van der Waals surface area contributed by atoms with Crippen molar-refractivity contribution in [3.63, 3.8) is 0 Å². The molecule has 3 aliphatic carbocycles. The number of hydrogen-bond acceptors (Lipinski definition) is 1. The first kappa shape index (κ1) is 10.8. The molecule has 0 radical (unpaired) electrons. The number of ketones is 1. The van der Waals surface area contributed by atoms with Gasteiger partial charge in [0.2, 0.25) is 0 Å². The van der Waals surface area contributed by atoms with E-state index in [4.69, 9.17) is 0 Å². The Morgan fingerprint density at radius 3 is 2.44 bits per heavy atom. The van der Waals surface area contributed by atoms with Crippen molar-refractivity contribution in [1.82, 2.24) is 0 Å². The van der Waals surface area contributed by atoms with Gasteiger partial charge in [0.15, 0.2) is 0 Å². The first-order valence-corrected chi connectivity index (χ1v) is 7.05. The summed E-state index contributed by atoms with van der Waals surface area (Å²) < 4.78 is 0. The summed E-state index contributed by atoms with van der Waals surface area (Å²) in [5.74, 6) is 4.22. The van der Waals surface area contributed by atoms with E-state index in [1.807, 2.05) is 0 Å². The molecule has 0 aromatic rings. The summed E-state index contributed by atoms with van der Waals surface area (Å²) in [5, 5.41) is 0. The minimum absolute atomic E-state index is 0.251. The summed E-state index contributed by atoms with van der Waals surface area (Å²) >= 11 is 0. The van der Waals surface area contributed by atoms with Crippen molar-refractivity contribution < 1.29 is 4.79 Å². The van der Waals surface area contributed by atoms with E-state index in [-0.39, 0.29) is 5.41 Å². The van der Waals surface area contributed by atoms with E-state index in [9.17, 15) is 4.79 Å². The van der Waals surface area contributed by atoms with Crippen molar-refractivity contribution >= 4 is 5.78 Å². The van der Waals surface area contributed by atoms with Crippen LogP contribution in [0.2, 0.25) is 0 Å². The molecule has 3 rings (SSSR count). The number of carbonyl (C=O) groups is 1. The fraction of sp³-hybridized carbons (Fsp3) is 0.933. The SMILES string of the molecule is C[C@@H]1C2C3CCCCC3C2C(=O)CC1(C)C. The molecule has 16 heavy (non-hydrogen) atoms. The van der Waals surface area contributed by atoms with Crippen LogP contribution in [0.4, 0.5) is 0 Å². The van der Waals surface area contributed by atoms with Crippen LogP contribution in [-0.2, 0) is 4.79 Å². The van der Waals surface area contributed by atoms with Crippen LogP contribution in [0.25, 0.3) is 0 Å². The van der Waals surface area contributed by atoms with E-state index in [0.717, 1.165) is 30.1 Å². The largest absolute Gasteiger partial charge is 0.299 e. The molecule has 3 saturated carbocycles. The lowest BCUT2D eigenvalue weighted by Gasteiger charge is -2.62. The van der Waals surface area contributed by atoms with Gasteiger partial charge in [0.25, 0.3) is 0 Å². The summed E-state index contributed by atoms with van der Waals surface area (Å²) in [6.07, 6.45) is 6.35. The average Bonchev–Trinajstić information content (AvgIpc) is 2.17. The quantitative estimate of drug-likeness (QED) is 0.608. The molecule has 90 valence electrons. The Kier molecular flexibility index (Phi) is 2.25. The van der Waals surface area contributed by atoms with E-state index in [1.54, 1.807) is 0 Å². The van der Waals surface area contributed by atoms with Crippen molar-refractivity contribution in [2.75, 3.05) is 0 Å². The third-order valence-electron chi connectivity index (χ3n) is 6.06. The summed E-state index contributed by atoms with van der Waals surface area (Å²) in [7, 11) is 0. The normalized spacial score (nSPS) is 50.2. The van der Waals surface area contributed by atoms with Crippen LogP contribution in [0.15, 0.2) is 0 Å². The number of hydrogen-bond donors (Lipinski definition) is 0. The van der Waals surface area contributed by atoms with E-state index in [2.05, 4.69) is 20.8 Å². The van der Waals surface area contributed by atoms with Crippen molar-refractivity contribution in [3.8, 4) is 0 Å². The second-order valence-electron chi connectivity index (χ2n) is 7.14. The van der Waals surface area contributed by atoms with Gasteiger partial charge in [-0.05, 0) is 41.9 Å². The highest BCUT2D eigenvalue weighted by Gasteiger charge is 2.60. The van der Waals surface area contributed by atoms with Gasteiger partial charge in [0.05, 0.1) is 0 Å². The molecule has 0 aliphatic heterocycles. The van der Waals surface area contributed by atoms with Gasteiger partial charge in [-0.2, -0.15) is 0 Å². The molecule has 0 bridgehead atoms. The second-order valence-corrected chi connectivity index (χ2v) is 7.14. The van der Waals surface area contributed by atoms with Crippen LogP contribution in [0.3, 0.4) is 0 Å². The van der Waals surface area contributed by atoms with Gasteiger partial charge in [-0.1, -0.05) is 33.6 Å². The van der Waals surface area contributed by atoms with Crippen LogP contribution < -0.4 is 0 Å². The summed E-state index contributed by atoms with van der Waals surface area (Å²) in [4.78, 5) is 12.3. The fourth-order valence-corrected chi connectivity index (χ4v) is 4.90. The van der Waals surface area contributed by atoms with E-state index >= 15 is 0 Å². The second kappa shape index (κ2) is 3.34. The summed E-state index contributed by atoms with van der Waals surface area (Å²) in [5.41, 5.74) is 0.251. The minimum atomic E-state index is 0.251. The maximum atomic E-state index is 12.3. The molecule has 1 nitrogen and oxygen atoms in total. The van der Waals surface area contributed by atoms with E-state index in [1.165, 1.54) is 25.7 Å². The molecule has 4 unspecified atom stereocenters. The Morgan fingerprint density at radius 1 is 1.12 bits per heavy atom. The van der Waals surface area contributed by atoms with E-state index < -0.39 is 0 Å². The highest BCUT2D eigenvalue weighted by Crippen LogP contribution is 2.63. The number of rotatable bonds is 0. The molecule has 0 heterocycles. The molecule has 0 N–H and O–H groups in total. The molecule has 3 aliphatic rings. The molecule has 0 aromatic carbocycles. The highest BCUT2D eigenvalue weighted by molar-refractivity contribution is 5.84. The Hall–Kier alpha value is -0.330. The Balaban J connectivity index is 1.87. The Bertz CT molecular complexity index is 317. The first-order chi connectivity index (χ1) is 7.52. The van der Waals surface area contributed by atoms with Gasteiger partial charge in [-0.25, -0.2) is 0 Å². The van der Waals surface area contributed by atoms with Gasteiger partial charge in [0.1, 0.15) is 5.78 Å². The van der Waals surface area contributed by atoms with Gasteiger partial charge in [0, 0.05) is 12.3 Å². The zero-order chi connectivity index (χ0) is 11.5. The smallest absolute Gasteiger partial charge is 0.137 e. The summed E-state index contributed by atoms with van der Waals surface area (Å²) in [6, 6.07) is 0. The highest BCUT2D eigenvalue weighted by atomic mass is 16.1. The fourth-order valence-electron chi connectivity index (χ4n) is 4.90. The van der Waals surface area contributed by atoms with Crippen LogP contribution >= 0.6 is 0 Å². The zero-order valence-electron chi connectivity index (χ0n) is 10.8. The van der Waals surface area contributed by atoms with Crippen molar-refractivity contribution in [3.05, 3.63) is 0 Å². The van der Waals surface area contributed by atoms with Crippen molar-refractivity contribution in [2.45, 2.75) is 52.9 Å². The first-order valence-electron chi connectivity index (χ1n) is 7.05. The predicted octanol–water partition coefficient (Wildman–Crippen LogP) is 3.67. The van der Waals surface area contributed by atoms with Gasteiger partial charge in [-0.15, -0.1) is 0 Å². The van der Waals surface area contributed by atoms with Crippen LogP contribution in [0.1, 0.15) is 52.9 Å². The molecule has 0 aromatic heterocycles. The van der Waals surface area contributed by atoms with Crippen molar-refractivity contribution in [2.24, 2.45) is 35.0 Å². The monoisotopic (exact) mass is 220 g/mol. The maximum Gasteiger partial charge on any atom is 0.137 e. The molecular formula is C15H24O. The number of Topliss-reactive ketones (excluding diaryl/α,β-unsaturated/α-hetero) is 1. The van der Waals surface area contributed by atoms with Crippen LogP contribution in [0, 0.1) is 35.0 Å². The molecule has 5 atom stereocenters. The van der Waals surface area contributed by atoms with Gasteiger partial charge >= 0.3 is 0 Å². The molecule has 1 heteroatoms. The van der Waals surface area contributed by atoms with Gasteiger partial charge in [-0.3, -0.25) is 4.79 Å². The van der Waals surface area contributed by atoms with Gasteiger partial charge < -0.3 is 0 Å². The van der Waals surface area contributed by atoms with Crippen LogP contribution in [0.5, 0.6) is 0 Å². The standard InChI is InChI=1S/C15H24O/c1-9-13-10-6-4-5-7-11(10)14(13)12(16)8-15(9,2)3/h9-11,13-14H,4-8H2,1-3H3/t9-,10?,11?,13?,14?/m1/s1. The molecule has 0 saturated heterocycles. The topological polar surface area (TPSA) is 17.1 Å². The number of carbonyl (C=O) groups excluding carboxylic acids is 1. The summed E-state index contributed by atoms with van der Waals surface area (Å²) in [6.45, 7) is 6.98.